The van der Waals surface area contributed by atoms with Crippen LogP contribution in [0.1, 0.15) is 17.4 Å². The van der Waals surface area contributed by atoms with Crippen LogP contribution in [-0.2, 0) is 6.54 Å². The van der Waals surface area contributed by atoms with E-state index in [4.69, 9.17) is 0 Å². The van der Waals surface area contributed by atoms with Gasteiger partial charge in [0.05, 0.1) is 5.69 Å². The van der Waals surface area contributed by atoms with Crippen LogP contribution >= 0.6 is 15.9 Å². The quantitative estimate of drug-likeness (QED) is 0.793. The summed E-state index contributed by atoms with van der Waals surface area (Å²) in [6.07, 6.45) is 0.0717. The van der Waals surface area contributed by atoms with Gasteiger partial charge in [0, 0.05) is 12.2 Å². The largest absolute Gasteiger partial charge is 0.364 e. The Labute approximate surface area is 108 Å². The molecule has 1 unspecified atom stereocenters. The van der Waals surface area contributed by atoms with Crippen molar-refractivity contribution in [1.29, 1.82) is 0 Å². The van der Waals surface area contributed by atoms with Crippen molar-refractivity contribution in [1.82, 2.24) is 10.3 Å². The Balaban J connectivity index is 1.89. The predicted octanol–water partition coefficient (Wildman–Crippen LogP) is 3.06. The highest BCUT2D eigenvalue weighted by Crippen LogP contribution is 2.25. The second-order valence-corrected chi connectivity index (χ2v) is 4.81. The van der Waals surface area contributed by atoms with E-state index in [2.05, 4.69) is 49.7 Å². The van der Waals surface area contributed by atoms with E-state index in [-0.39, 0.29) is 6.17 Å². The molecule has 3 nitrogen and oxygen atoms in total. The van der Waals surface area contributed by atoms with Crippen LogP contribution in [-0.4, -0.2) is 4.98 Å². The Morgan fingerprint density at radius 2 is 2.00 bits per heavy atom. The van der Waals surface area contributed by atoms with Gasteiger partial charge in [-0.3, -0.25) is 5.32 Å². The number of aromatic nitrogens is 1. The number of rotatable bonds is 1. The van der Waals surface area contributed by atoms with Gasteiger partial charge < -0.3 is 5.32 Å². The minimum Gasteiger partial charge on any atom is -0.364 e. The number of hydrogen-bond donors (Lipinski definition) is 2. The molecule has 0 spiro atoms. The van der Waals surface area contributed by atoms with Gasteiger partial charge >= 0.3 is 0 Å². The van der Waals surface area contributed by atoms with Crippen LogP contribution in [0.25, 0.3) is 0 Å². The molecular formula is C13H12BrN3. The predicted molar refractivity (Wildman–Crippen MR) is 71.6 cm³/mol. The molecule has 4 heteroatoms. The molecule has 2 aromatic rings. The van der Waals surface area contributed by atoms with E-state index >= 15 is 0 Å². The first-order chi connectivity index (χ1) is 8.33. The van der Waals surface area contributed by atoms with Crippen molar-refractivity contribution in [2.45, 2.75) is 12.7 Å². The molecule has 3 rings (SSSR count). The van der Waals surface area contributed by atoms with Crippen LogP contribution in [0.3, 0.4) is 0 Å². The zero-order valence-electron chi connectivity index (χ0n) is 9.15. The lowest BCUT2D eigenvalue weighted by atomic mass is 10.1. The minimum absolute atomic E-state index is 0.0717. The SMILES string of the molecule is Brc1cccc(C2NCc3ccccc3N2)n1. The van der Waals surface area contributed by atoms with Gasteiger partial charge in [0.15, 0.2) is 0 Å². The summed E-state index contributed by atoms with van der Waals surface area (Å²) in [6, 6.07) is 14.3. The van der Waals surface area contributed by atoms with Gasteiger partial charge in [0.1, 0.15) is 10.8 Å². The maximum Gasteiger partial charge on any atom is 0.121 e. The van der Waals surface area contributed by atoms with Gasteiger partial charge in [0.25, 0.3) is 0 Å². The molecule has 0 radical (unpaired) electrons. The van der Waals surface area contributed by atoms with Crippen LogP contribution in [0.2, 0.25) is 0 Å². The summed E-state index contributed by atoms with van der Waals surface area (Å²) in [5, 5.41) is 6.87. The van der Waals surface area contributed by atoms with Gasteiger partial charge in [0.2, 0.25) is 0 Å². The standard InChI is InChI=1S/C13H12BrN3/c14-12-7-3-6-11(16-12)13-15-8-9-4-1-2-5-10(9)17-13/h1-7,13,15,17H,8H2. The summed E-state index contributed by atoms with van der Waals surface area (Å²) in [7, 11) is 0. The second kappa shape index (κ2) is 4.47. The zero-order valence-corrected chi connectivity index (χ0v) is 10.7. The molecule has 0 bridgehead atoms. The number of nitrogens with zero attached hydrogens (tertiary/aromatic N) is 1. The maximum absolute atomic E-state index is 4.46. The van der Waals surface area contributed by atoms with E-state index in [1.807, 2.05) is 24.3 Å². The number of halogens is 1. The van der Waals surface area contributed by atoms with Gasteiger partial charge in [-0.1, -0.05) is 24.3 Å². The van der Waals surface area contributed by atoms with Crippen LogP contribution in [0, 0.1) is 0 Å². The molecule has 1 atom stereocenters. The van der Waals surface area contributed by atoms with Crippen molar-refractivity contribution in [3.63, 3.8) is 0 Å². The summed E-state index contributed by atoms with van der Waals surface area (Å²) in [5.74, 6) is 0. The Kier molecular flexibility index (Phi) is 2.82. The number of hydrogen-bond acceptors (Lipinski definition) is 3. The fourth-order valence-corrected chi connectivity index (χ4v) is 2.35. The number of nitrogens with one attached hydrogen (secondary N) is 2. The molecule has 0 aliphatic carbocycles. The van der Waals surface area contributed by atoms with Crippen molar-refractivity contribution in [2.75, 3.05) is 5.32 Å². The molecule has 2 N–H and O–H groups in total. The van der Waals surface area contributed by atoms with Crippen molar-refractivity contribution >= 4 is 21.6 Å². The summed E-state index contributed by atoms with van der Waals surface area (Å²) in [5.41, 5.74) is 3.46. The topological polar surface area (TPSA) is 37.0 Å². The molecule has 86 valence electrons. The van der Waals surface area contributed by atoms with Crippen molar-refractivity contribution < 1.29 is 0 Å². The third-order valence-electron chi connectivity index (χ3n) is 2.85. The van der Waals surface area contributed by atoms with Crippen molar-refractivity contribution in [3.05, 3.63) is 58.3 Å². The summed E-state index contributed by atoms with van der Waals surface area (Å²) in [6.45, 7) is 0.863. The van der Waals surface area contributed by atoms with Crippen LogP contribution < -0.4 is 10.6 Å². The summed E-state index contributed by atoms with van der Waals surface area (Å²) < 4.78 is 0.859. The molecule has 0 saturated carbocycles. The number of pyridine rings is 1. The first kappa shape index (κ1) is 10.7. The van der Waals surface area contributed by atoms with Crippen LogP contribution in [0.4, 0.5) is 5.69 Å². The van der Waals surface area contributed by atoms with Crippen LogP contribution in [0.5, 0.6) is 0 Å². The monoisotopic (exact) mass is 289 g/mol. The van der Waals surface area contributed by atoms with Gasteiger partial charge in [-0.2, -0.15) is 0 Å². The molecule has 1 aromatic heterocycles. The Hall–Kier alpha value is -1.39. The average Bonchev–Trinajstić information content (AvgIpc) is 2.38. The van der Waals surface area contributed by atoms with Crippen molar-refractivity contribution in [2.24, 2.45) is 0 Å². The highest BCUT2D eigenvalue weighted by atomic mass is 79.9. The lowest BCUT2D eigenvalue weighted by molar-refractivity contribution is 0.553. The molecular weight excluding hydrogens is 278 g/mol. The number of anilines is 1. The first-order valence-corrected chi connectivity index (χ1v) is 6.32. The van der Waals surface area contributed by atoms with E-state index in [1.54, 1.807) is 0 Å². The van der Waals surface area contributed by atoms with Gasteiger partial charge in [-0.05, 0) is 39.7 Å². The fourth-order valence-electron chi connectivity index (χ4n) is 2.00. The molecule has 0 amide bonds. The normalized spacial score (nSPS) is 18.3. The zero-order chi connectivity index (χ0) is 11.7. The molecule has 0 fully saturated rings. The molecule has 1 aliphatic rings. The van der Waals surface area contributed by atoms with E-state index < -0.39 is 0 Å². The lowest BCUT2D eigenvalue weighted by Gasteiger charge is -2.27. The molecule has 1 aromatic carbocycles. The van der Waals surface area contributed by atoms with Crippen LogP contribution in [0.15, 0.2) is 47.1 Å². The minimum atomic E-state index is 0.0717. The third kappa shape index (κ3) is 2.18. The Morgan fingerprint density at radius 3 is 2.88 bits per heavy atom. The highest BCUT2D eigenvalue weighted by Gasteiger charge is 2.18. The average molecular weight is 290 g/mol. The van der Waals surface area contributed by atoms with E-state index in [0.717, 1.165) is 16.8 Å². The van der Waals surface area contributed by atoms with Crippen molar-refractivity contribution in [3.8, 4) is 0 Å². The van der Waals surface area contributed by atoms with Gasteiger partial charge in [-0.15, -0.1) is 0 Å². The number of benzene rings is 1. The molecule has 17 heavy (non-hydrogen) atoms. The Morgan fingerprint density at radius 1 is 1.12 bits per heavy atom. The molecule has 0 saturated heterocycles. The van der Waals surface area contributed by atoms with Gasteiger partial charge in [-0.25, -0.2) is 4.98 Å². The smallest absolute Gasteiger partial charge is 0.121 e. The summed E-state index contributed by atoms with van der Waals surface area (Å²) in [4.78, 5) is 4.46. The van der Waals surface area contributed by atoms with E-state index in [0.29, 0.717) is 0 Å². The lowest BCUT2D eigenvalue weighted by Crippen LogP contribution is -2.33. The summed E-state index contributed by atoms with van der Waals surface area (Å²) >= 11 is 3.39. The molecule has 1 aliphatic heterocycles. The van der Waals surface area contributed by atoms with E-state index in [9.17, 15) is 0 Å². The number of para-hydroxylation sites is 1. The first-order valence-electron chi connectivity index (χ1n) is 5.53. The Bertz CT molecular complexity index is 542. The van der Waals surface area contributed by atoms with E-state index in [1.165, 1.54) is 11.3 Å². The number of fused-ring (bicyclic) bond motifs is 1. The third-order valence-corrected chi connectivity index (χ3v) is 3.29. The second-order valence-electron chi connectivity index (χ2n) is 4.00. The maximum atomic E-state index is 4.46. The molecule has 2 heterocycles. The fraction of sp³-hybridized carbons (Fsp3) is 0.154. The highest BCUT2D eigenvalue weighted by molar-refractivity contribution is 9.10.